The van der Waals surface area contributed by atoms with Crippen LogP contribution in [0.1, 0.15) is 16.3 Å². The highest BCUT2D eigenvalue weighted by Gasteiger charge is 2.05. The molecule has 0 bridgehead atoms. The van der Waals surface area contributed by atoms with Crippen LogP contribution < -0.4 is 5.73 Å². The molecule has 96 valence electrons. The van der Waals surface area contributed by atoms with Gasteiger partial charge >= 0.3 is 0 Å². The van der Waals surface area contributed by atoms with Crippen LogP contribution in [-0.2, 0) is 19.6 Å². The second kappa shape index (κ2) is 6.29. The van der Waals surface area contributed by atoms with Gasteiger partial charge in [-0.05, 0) is 24.7 Å². The lowest BCUT2D eigenvalue weighted by molar-refractivity contribution is 0.315. The molecule has 18 heavy (non-hydrogen) atoms. The highest BCUT2D eigenvalue weighted by molar-refractivity contribution is 7.09. The lowest BCUT2D eigenvalue weighted by Gasteiger charge is -2.15. The van der Waals surface area contributed by atoms with Gasteiger partial charge in [0.15, 0.2) is 0 Å². The molecule has 5 heteroatoms. The summed E-state index contributed by atoms with van der Waals surface area (Å²) in [6.07, 6.45) is 0. The summed E-state index contributed by atoms with van der Waals surface area (Å²) >= 11 is 7.58. The van der Waals surface area contributed by atoms with Gasteiger partial charge in [0.1, 0.15) is 5.01 Å². The van der Waals surface area contributed by atoms with Crippen molar-refractivity contribution >= 4 is 22.9 Å². The summed E-state index contributed by atoms with van der Waals surface area (Å²) < 4.78 is 0. The molecule has 0 spiro atoms. The summed E-state index contributed by atoms with van der Waals surface area (Å²) in [7, 11) is 2.07. The van der Waals surface area contributed by atoms with Crippen LogP contribution in [0.5, 0.6) is 0 Å². The fourth-order valence-electron chi connectivity index (χ4n) is 1.79. The maximum Gasteiger partial charge on any atom is 0.106 e. The molecule has 3 nitrogen and oxygen atoms in total. The average molecular weight is 282 g/mol. The zero-order valence-electron chi connectivity index (χ0n) is 10.3. The minimum absolute atomic E-state index is 0.517. The number of nitrogens with zero attached hydrogens (tertiary/aromatic N) is 2. The first kappa shape index (κ1) is 13.5. The minimum atomic E-state index is 0.517. The van der Waals surface area contributed by atoms with Gasteiger partial charge in [0, 0.05) is 30.0 Å². The van der Waals surface area contributed by atoms with Crippen molar-refractivity contribution in [2.75, 3.05) is 7.05 Å². The van der Waals surface area contributed by atoms with Crippen LogP contribution in [0, 0.1) is 0 Å². The number of aromatic nitrogens is 1. The average Bonchev–Trinajstić information content (AvgIpc) is 2.76. The number of thiazole rings is 1. The van der Waals surface area contributed by atoms with Gasteiger partial charge in [-0.1, -0.05) is 23.7 Å². The van der Waals surface area contributed by atoms with Crippen molar-refractivity contribution in [3.8, 4) is 0 Å². The first-order valence-electron chi connectivity index (χ1n) is 5.73. The van der Waals surface area contributed by atoms with E-state index in [2.05, 4.69) is 28.4 Å². The molecule has 0 aliphatic rings. The van der Waals surface area contributed by atoms with Crippen molar-refractivity contribution in [3.63, 3.8) is 0 Å². The summed E-state index contributed by atoms with van der Waals surface area (Å²) in [5, 5.41) is 3.83. The third kappa shape index (κ3) is 3.78. The lowest BCUT2D eigenvalue weighted by atomic mass is 10.2. The predicted molar refractivity (Wildman–Crippen MR) is 76.6 cm³/mol. The Morgan fingerprint density at radius 2 is 2.22 bits per heavy atom. The first-order chi connectivity index (χ1) is 8.67. The standard InChI is InChI=1S/C13H16ClN3S/c1-17(7-10-3-2-4-11(14)5-10)8-12-9-18-13(6-15)16-12/h2-5,9H,6-8,15H2,1H3. The van der Waals surface area contributed by atoms with E-state index in [9.17, 15) is 0 Å². The van der Waals surface area contributed by atoms with E-state index in [1.54, 1.807) is 11.3 Å². The van der Waals surface area contributed by atoms with E-state index in [0.717, 1.165) is 28.8 Å². The van der Waals surface area contributed by atoms with Crippen molar-refractivity contribution in [2.24, 2.45) is 5.73 Å². The molecule has 0 saturated carbocycles. The molecule has 2 N–H and O–H groups in total. The Hall–Kier alpha value is -0.940. The molecular formula is C13H16ClN3S. The minimum Gasteiger partial charge on any atom is -0.325 e. The van der Waals surface area contributed by atoms with Gasteiger partial charge < -0.3 is 5.73 Å². The molecule has 0 amide bonds. The Bertz CT molecular complexity index is 512. The summed E-state index contributed by atoms with van der Waals surface area (Å²) in [4.78, 5) is 6.66. The fourth-order valence-corrected chi connectivity index (χ4v) is 2.67. The van der Waals surface area contributed by atoms with E-state index < -0.39 is 0 Å². The van der Waals surface area contributed by atoms with E-state index in [0.29, 0.717) is 6.54 Å². The smallest absolute Gasteiger partial charge is 0.106 e. The molecule has 0 atom stereocenters. The number of hydrogen-bond donors (Lipinski definition) is 1. The van der Waals surface area contributed by atoms with Crippen molar-refractivity contribution in [3.05, 3.63) is 50.9 Å². The summed E-state index contributed by atoms with van der Waals surface area (Å²) in [6, 6.07) is 7.93. The molecule has 0 fully saturated rings. The number of benzene rings is 1. The Morgan fingerprint density at radius 3 is 2.89 bits per heavy atom. The topological polar surface area (TPSA) is 42.1 Å². The van der Waals surface area contributed by atoms with Crippen molar-refractivity contribution in [2.45, 2.75) is 19.6 Å². The molecule has 0 aliphatic carbocycles. The highest BCUT2D eigenvalue weighted by Crippen LogP contribution is 2.14. The van der Waals surface area contributed by atoms with Crippen LogP contribution in [0.3, 0.4) is 0 Å². The van der Waals surface area contributed by atoms with Gasteiger partial charge in [0.05, 0.1) is 5.69 Å². The normalized spacial score (nSPS) is 11.1. The van der Waals surface area contributed by atoms with Crippen LogP contribution in [0.2, 0.25) is 5.02 Å². The van der Waals surface area contributed by atoms with Crippen LogP contribution in [0.15, 0.2) is 29.6 Å². The maximum atomic E-state index is 5.97. The van der Waals surface area contributed by atoms with Crippen molar-refractivity contribution < 1.29 is 0 Å². The quantitative estimate of drug-likeness (QED) is 0.916. The van der Waals surface area contributed by atoms with Gasteiger partial charge in [0.2, 0.25) is 0 Å². The second-order valence-corrected chi connectivity index (χ2v) is 5.62. The molecule has 1 aromatic heterocycles. The largest absolute Gasteiger partial charge is 0.325 e. The molecular weight excluding hydrogens is 266 g/mol. The van der Waals surface area contributed by atoms with E-state index >= 15 is 0 Å². The van der Waals surface area contributed by atoms with Gasteiger partial charge in [0.25, 0.3) is 0 Å². The fraction of sp³-hybridized carbons (Fsp3) is 0.308. The molecule has 0 unspecified atom stereocenters. The monoisotopic (exact) mass is 281 g/mol. The van der Waals surface area contributed by atoms with Crippen LogP contribution >= 0.6 is 22.9 Å². The zero-order valence-corrected chi connectivity index (χ0v) is 11.8. The SMILES string of the molecule is CN(Cc1cccc(Cl)c1)Cc1csc(CN)n1. The van der Waals surface area contributed by atoms with Crippen molar-refractivity contribution in [1.82, 2.24) is 9.88 Å². The lowest BCUT2D eigenvalue weighted by Crippen LogP contribution is -2.17. The summed E-state index contributed by atoms with van der Waals surface area (Å²) in [6.45, 7) is 2.20. The highest BCUT2D eigenvalue weighted by atomic mass is 35.5. The molecule has 2 aromatic rings. The molecule has 0 saturated heterocycles. The van der Waals surface area contributed by atoms with E-state index in [1.165, 1.54) is 5.56 Å². The molecule has 2 rings (SSSR count). The van der Waals surface area contributed by atoms with E-state index in [-0.39, 0.29) is 0 Å². The molecule has 1 heterocycles. The number of nitrogens with two attached hydrogens (primary N) is 1. The van der Waals surface area contributed by atoms with Gasteiger partial charge in [-0.15, -0.1) is 11.3 Å². The molecule has 0 radical (unpaired) electrons. The Balaban J connectivity index is 1.94. The Morgan fingerprint density at radius 1 is 1.39 bits per heavy atom. The molecule has 0 aliphatic heterocycles. The molecule has 1 aromatic carbocycles. The zero-order chi connectivity index (χ0) is 13.0. The van der Waals surface area contributed by atoms with Crippen LogP contribution in [0.4, 0.5) is 0 Å². The third-order valence-corrected chi connectivity index (χ3v) is 3.70. The first-order valence-corrected chi connectivity index (χ1v) is 6.99. The van der Waals surface area contributed by atoms with Crippen LogP contribution in [-0.4, -0.2) is 16.9 Å². The maximum absolute atomic E-state index is 5.97. The van der Waals surface area contributed by atoms with E-state index in [4.69, 9.17) is 17.3 Å². The Kier molecular flexibility index (Phi) is 4.72. The number of hydrogen-bond acceptors (Lipinski definition) is 4. The number of rotatable bonds is 5. The number of halogens is 1. The summed E-state index contributed by atoms with van der Waals surface area (Å²) in [5.41, 5.74) is 7.84. The summed E-state index contributed by atoms with van der Waals surface area (Å²) in [5.74, 6) is 0. The Labute approximate surface area is 116 Å². The predicted octanol–water partition coefficient (Wildman–Crippen LogP) is 2.89. The van der Waals surface area contributed by atoms with Crippen LogP contribution in [0.25, 0.3) is 0 Å². The van der Waals surface area contributed by atoms with E-state index in [1.807, 2.05) is 18.2 Å². The van der Waals surface area contributed by atoms with Gasteiger partial charge in [-0.3, -0.25) is 4.90 Å². The second-order valence-electron chi connectivity index (χ2n) is 4.24. The third-order valence-electron chi connectivity index (χ3n) is 2.55. The van der Waals surface area contributed by atoms with Gasteiger partial charge in [-0.25, -0.2) is 4.98 Å². The van der Waals surface area contributed by atoms with Crippen molar-refractivity contribution in [1.29, 1.82) is 0 Å². The van der Waals surface area contributed by atoms with Gasteiger partial charge in [-0.2, -0.15) is 0 Å².